The highest BCUT2D eigenvalue weighted by molar-refractivity contribution is 9.10. The lowest BCUT2D eigenvalue weighted by molar-refractivity contribution is -0.129. The van der Waals surface area contributed by atoms with Crippen molar-refractivity contribution in [3.05, 3.63) is 58.6 Å². The lowest BCUT2D eigenvalue weighted by Gasteiger charge is -2.18. The second-order valence-corrected chi connectivity index (χ2v) is 8.29. The number of hydrogen-bond donors (Lipinski definition) is 2. The quantitative estimate of drug-likeness (QED) is 0.546. The van der Waals surface area contributed by atoms with Gasteiger partial charge in [-0.15, -0.1) is 0 Å². The molecule has 0 radical (unpaired) electrons. The Kier molecular flexibility index (Phi) is 8.06. The van der Waals surface area contributed by atoms with E-state index >= 15 is 0 Å². The minimum Gasteiger partial charge on any atom is -0.483 e. The van der Waals surface area contributed by atoms with Gasteiger partial charge in [0.05, 0.1) is 0 Å². The summed E-state index contributed by atoms with van der Waals surface area (Å²) in [6.07, 6.45) is 3.16. The van der Waals surface area contributed by atoms with E-state index in [1.165, 1.54) is 13.0 Å². The summed E-state index contributed by atoms with van der Waals surface area (Å²) in [5, 5.41) is 5.63. The summed E-state index contributed by atoms with van der Waals surface area (Å²) in [5.74, 6) is -1.15. The van der Waals surface area contributed by atoms with Gasteiger partial charge in [0.1, 0.15) is 11.3 Å². The predicted molar refractivity (Wildman–Crippen MR) is 120 cm³/mol. The minimum atomic E-state index is -0.929. The Morgan fingerprint density at radius 1 is 1.06 bits per heavy atom. The molecular weight excluding hydrogens is 464 g/mol. The number of ether oxygens (including phenoxy) is 2. The summed E-state index contributed by atoms with van der Waals surface area (Å²) in [7, 11) is 0. The Hall–Kier alpha value is -2.87. The molecule has 2 N–H and O–H groups in total. The van der Waals surface area contributed by atoms with Crippen LogP contribution in [0.25, 0.3) is 0 Å². The van der Waals surface area contributed by atoms with Gasteiger partial charge < -0.3 is 20.1 Å². The third-order valence-electron chi connectivity index (χ3n) is 4.95. The molecule has 164 valence electrons. The molecule has 8 heteroatoms. The first-order valence-electron chi connectivity index (χ1n) is 10.2. The fourth-order valence-corrected chi connectivity index (χ4v) is 3.57. The molecule has 1 aliphatic rings. The van der Waals surface area contributed by atoms with E-state index in [9.17, 15) is 14.4 Å². The van der Waals surface area contributed by atoms with E-state index in [1.54, 1.807) is 30.3 Å². The molecule has 0 heterocycles. The minimum absolute atomic E-state index is 0.147. The van der Waals surface area contributed by atoms with Crippen LogP contribution in [0.15, 0.2) is 53.0 Å². The summed E-state index contributed by atoms with van der Waals surface area (Å²) in [6, 6.07) is 13.7. The third kappa shape index (κ3) is 6.82. The second kappa shape index (κ2) is 10.9. The Labute approximate surface area is 189 Å². The molecule has 0 aliphatic heterocycles. The van der Waals surface area contributed by atoms with Crippen molar-refractivity contribution >= 4 is 39.4 Å². The first-order valence-corrected chi connectivity index (χ1v) is 11.0. The van der Waals surface area contributed by atoms with Gasteiger partial charge in [-0.1, -0.05) is 40.9 Å². The van der Waals surface area contributed by atoms with Gasteiger partial charge in [0.25, 0.3) is 11.8 Å². The molecule has 2 aromatic rings. The van der Waals surface area contributed by atoms with E-state index in [1.807, 2.05) is 12.1 Å². The van der Waals surface area contributed by atoms with E-state index in [2.05, 4.69) is 26.6 Å². The summed E-state index contributed by atoms with van der Waals surface area (Å²) < 4.78 is 11.8. The van der Waals surface area contributed by atoms with E-state index in [0.29, 0.717) is 5.69 Å². The summed E-state index contributed by atoms with van der Waals surface area (Å²) in [4.78, 5) is 37.0. The molecule has 1 saturated carbocycles. The van der Waals surface area contributed by atoms with Crippen LogP contribution in [-0.4, -0.2) is 36.5 Å². The van der Waals surface area contributed by atoms with Crippen LogP contribution in [-0.2, 0) is 14.3 Å². The molecule has 7 nitrogen and oxygen atoms in total. The largest absolute Gasteiger partial charge is 0.483 e. The van der Waals surface area contributed by atoms with Crippen molar-refractivity contribution in [3.63, 3.8) is 0 Å². The number of carbonyl (C=O) groups excluding carboxylic acids is 3. The average Bonchev–Trinajstić information content (AvgIpc) is 3.27. The van der Waals surface area contributed by atoms with Crippen LogP contribution < -0.4 is 15.4 Å². The van der Waals surface area contributed by atoms with Crippen molar-refractivity contribution < 1.29 is 23.9 Å². The van der Waals surface area contributed by atoms with E-state index in [-0.39, 0.29) is 35.8 Å². The zero-order chi connectivity index (χ0) is 22.2. The highest BCUT2D eigenvalue weighted by Gasteiger charge is 2.24. The molecule has 1 aliphatic carbocycles. The monoisotopic (exact) mass is 488 g/mol. The number of carbonyl (C=O) groups is 3. The zero-order valence-electron chi connectivity index (χ0n) is 17.2. The smallest absolute Gasteiger partial charge is 0.342 e. The number of esters is 1. The van der Waals surface area contributed by atoms with Gasteiger partial charge in [-0.25, -0.2) is 4.79 Å². The molecule has 0 unspecified atom stereocenters. The van der Waals surface area contributed by atoms with Crippen LogP contribution in [0.3, 0.4) is 0 Å². The zero-order valence-corrected chi connectivity index (χ0v) is 18.8. The number of benzene rings is 2. The maximum absolute atomic E-state index is 12.6. The van der Waals surface area contributed by atoms with E-state index < -0.39 is 12.1 Å². The maximum atomic E-state index is 12.6. The first kappa shape index (κ1) is 22.8. The van der Waals surface area contributed by atoms with Crippen LogP contribution >= 0.6 is 15.9 Å². The molecule has 3 rings (SSSR count). The molecule has 0 aromatic heterocycles. The summed E-state index contributed by atoms with van der Waals surface area (Å²) >= 11 is 3.34. The van der Waals surface area contributed by atoms with Crippen LogP contribution in [0.1, 0.15) is 43.0 Å². The van der Waals surface area contributed by atoms with Gasteiger partial charge in [0, 0.05) is 16.2 Å². The van der Waals surface area contributed by atoms with Crippen LogP contribution in [0.5, 0.6) is 5.75 Å². The van der Waals surface area contributed by atoms with Gasteiger partial charge in [0.15, 0.2) is 12.7 Å². The highest BCUT2D eigenvalue weighted by Crippen LogP contribution is 2.21. The van der Waals surface area contributed by atoms with Gasteiger partial charge in [-0.3, -0.25) is 9.59 Å². The molecule has 0 spiro atoms. The van der Waals surface area contributed by atoms with Gasteiger partial charge in [-0.2, -0.15) is 0 Å². The Balaban J connectivity index is 1.54. The number of nitrogens with one attached hydrogen (secondary N) is 2. The number of para-hydroxylation sites is 1. The molecule has 31 heavy (non-hydrogen) atoms. The number of rotatable bonds is 8. The van der Waals surface area contributed by atoms with Crippen LogP contribution in [0.4, 0.5) is 5.69 Å². The SMILES string of the molecule is C[C@H](OC(=O)c1ccccc1OCC(=O)Nc1ccc(Br)cc1)C(=O)NC1CCCC1. The number of halogens is 1. The Morgan fingerprint density at radius 2 is 1.74 bits per heavy atom. The van der Waals surface area contributed by atoms with Crippen molar-refractivity contribution in [1.82, 2.24) is 5.32 Å². The van der Waals surface area contributed by atoms with Crippen molar-refractivity contribution in [2.45, 2.75) is 44.8 Å². The predicted octanol–water partition coefficient (Wildman–Crippen LogP) is 4.07. The summed E-state index contributed by atoms with van der Waals surface area (Å²) in [6.45, 7) is 1.26. The average molecular weight is 489 g/mol. The number of hydrogen-bond acceptors (Lipinski definition) is 5. The van der Waals surface area contributed by atoms with Crippen LogP contribution in [0.2, 0.25) is 0 Å². The summed E-state index contributed by atoms with van der Waals surface area (Å²) in [5.41, 5.74) is 0.783. The number of amides is 2. The lowest BCUT2D eigenvalue weighted by Crippen LogP contribution is -2.40. The molecule has 1 fully saturated rings. The molecular formula is C23H25BrN2O5. The fourth-order valence-electron chi connectivity index (χ4n) is 3.30. The first-order chi connectivity index (χ1) is 14.9. The Morgan fingerprint density at radius 3 is 2.45 bits per heavy atom. The van der Waals surface area contributed by atoms with Crippen molar-refractivity contribution in [2.75, 3.05) is 11.9 Å². The van der Waals surface area contributed by atoms with Crippen LogP contribution in [0, 0.1) is 0 Å². The third-order valence-corrected chi connectivity index (χ3v) is 5.48. The van der Waals surface area contributed by atoms with Crippen molar-refractivity contribution in [3.8, 4) is 5.75 Å². The fraction of sp³-hybridized carbons (Fsp3) is 0.348. The molecule has 0 bridgehead atoms. The molecule has 1 atom stereocenters. The van der Waals surface area contributed by atoms with E-state index in [4.69, 9.17) is 9.47 Å². The number of anilines is 1. The highest BCUT2D eigenvalue weighted by atomic mass is 79.9. The normalized spacial score (nSPS) is 14.5. The Bertz CT molecular complexity index is 926. The standard InChI is InChI=1S/C23H25BrN2O5/c1-15(22(28)26-17-6-2-3-7-17)31-23(29)19-8-4-5-9-20(19)30-14-21(27)25-18-12-10-16(24)11-13-18/h4-5,8-13,15,17H,2-3,6-7,14H2,1H3,(H,25,27)(H,26,28)/t15-/m0/s1. The van der Waals surface area contributed by atoms with Crippen molar-refractivity contribution in [2.24, 2.45) is 0 Å². The lowest BCUT2D eigenvalue weighted by atomic mass is 10.2. The van der Waals surface area contributed by atoms with Crippen molar-refractivity contribution in [1.29, 1.82) is 0 Å². The maximum Gasteiger partial charge on any atom is 0.342 e. The molecule has 0 saturated heterocycles. The molecule has 2 aromatic carbocycles. The van der Waals surface area contributed by atoms with Gasteiger partial charge in [-0.05, 0) is 56.2 Å². The van der Waals surface area contributed by atoms with Gasteiger partial charge >= 0.3 is 5.97 Å². The van der Waals surface area contributed by atoms with E-state index in [0.717, 1.165) is 30.2 Å². The molecule has 2 amide bonds. The second-order valence-electron chi connectivity index (χ2n) is 7.38. The van der Waals surface area contributed by atoms with Gasteiger partial charge in [0.2, 0.25) is 0 Å². The topological polar surface area (TPSA) is 93.7 Å².